The van der Waals surface area contributed by atoms with Crippen LogP contribution in [0, 0.1) is 0 Å². The van der Waals surface area contributed by atoms with Crippen LogP contribution in [-0.4, -0.2) is 36.8 Å². The molecule has 0 radical (unpaired) electrons. The van der Waals surface area contributed by atoms with Crippen molar-refractivity contribution in [3.63, 3.8) is 0 Å². The van der Waals surface area contributed by atoms with Gasteiger partial charge < -0.3 is 15.4 Å². The highest BCUT2D eigenvalue weighted by atomic mass is 16.5. The van der Waals surface area contributed by atoms with E-state index in [1.807, 2.05) is 6.07 Å². The SMILES string of the molecule is CCNc1cc(NCCCOC)nc(C(C)C)n1. The van der Waals surface area contributed by atoms with E-state index in [9.17, 15) is 0 Å². The Morgan fingerprint density at radius 3 is 2.44 bits per heavy atom. The van der Waals surface area contributed by atoms with E-state index in [4.69, 9.17) is 4.74 Å². The highest BCUT2D eigenvalue weighted by molar-refractivity contribution is 5.47. The van der Waals surface area contributed by atoms with E-state index >= 15 is 0 Å². The lowest BCUT2D eigenvalue weighted by Crippen LogP contribution is -2.10. The maximum Gasteiger partial charge on any atom is 0.135 e. The monoisotopic (exact) mass is 252 g/mol. The molecule has 2 N–H and O–H groups in total. The lowest BCUT2D eigenvalue weighted by atomic mass is 10.2. The van der Waals surface area contributed by atoms with Crippen LogP contribution in [0.25, 0.3) is 0 Å². The average molecular weight is 252 g/mol. The fourth-order valence-electron chi connectivity index (χ4n) is 1.52. The number of hydrogen-bond acceptors (Lipinski definition) is 5. The molecule has 0 bridgehead atoms. The molecule has 5 nitrogen and oxygen atoms in total. The molecule has 1 aromatic rings. The molecule has 0 saturated carbocycles. The van der Waals surface area contributed by atoms with Gasteiger partial charge in [-0.25, -0.2) is 9.97 Å². The third kappa shape index (κ3) is 4.87. The highest BCUT2D eigenvalue weighted by Crippen LogP contribution is 2.16. The summed E-state index contributed by atoms with van der Waals surface area (Å²) in [6.07, 6.45) is 0.966. The minimum atomic E-state index is 0.322. The van der Waals surface area contributed by atoms with Crippen molar-refractivity contribution in [2.75, 3.05) is 37.4 Å². The Bertz CT molecular complexity index is 355. The molecule has 0 aliphatic heterocycles. The topological polar surface area (TPSA) is 59.1 Å². The first-order valence-corrected chi connectivity index (χ1v) is 6.53. The zero-order chi connectivity index (χ0) is 13.4. The van der Waals surface area contributed by atoms with E-state index in [0.29, 0.717) is 5.92 Å². The summed E-state index contributed by atoms with van der Waals surface area (Å²) >= 11 is 0. The summed E-state index contributed by atoms with van der Waals surface area (Å²) in [5, 5.41) is 6.53. The molecule has 1 heterocycles. The van der Waals surface area contributed by atoms with Crippen LogP contribution in [0.15, 0.2) is 6.07 Å². The summed E-state index contributed by atoms with van der Waals surface area (Å²) in [6.45, 7) is 8.73. The van der Waals surface area contributed by atoms with Crippen LogP contribution >= 0.6 is 0 Å². The van der Waals surface area contributed by atoms with Crippen molar-refractivity contribution in [3.05, 3.63) is 11.9 Å². The quantitative estimate of drug-likeness (QED) is 0.696. The zero-order valence-electron chi connectivity index (χ0n) is 11.8. The standard InChI is InChI=1S/C13H24N4O/c1-5-14-11-9-12(15-7-6-8-18-4)17-13(16-11)10(2)3/h9-10H,5-8H2,1-4H3,(H2,14,15,16,17). The molecule has 1 rings (SSSR count). The van der Waals surface area contributed by atoms with Gasteiger partial charge >= 0.3 is 0 Å². The molecule has 102 valence electrons. The lowest BCUT2D eigenvalue weighted by Gasteiger charge is -2.12. The number of ether oxygens (including phenoxy) is 1. The van der Waals surface area contributed by atoms with Gasteiger partial charge in [0, 0.05) is 38.8 Å². The minimum Gasteiger partial charge on any atom is -0.385 e. The Hall–Kier alpha value is -1.36. The molecule has 5 heteroatoms. The number of nitrogens with zero attached hydrogens (tertiary/aromatic N) is 2. The Balaban J connectivity index is 2.69. The maximum absolute atomic E-state index is 5.02. The van der Waals surface area contributed by atoms with Gasteiger partial charge in [0.2, 0.25) is 0 Å². The Morgan fingerprint density at radius 2 is 1.89 bits per heavy atom. The Morgan fingerprint density at radius 1 is 1.22 bits per heavy atom. The fourth-order valence-corrected chi connectivity index (χ4v) is 1.52. The normalized spacial score (nSPS) is 10.7. The van der Waals surface area contributed by atoms with Crippen molar-refractivity contribution in [3.8, 4) is 0 Å². The van der Waals surface area contributed by atoms with Gasteiger partial charge in [-0.2, -0.15) is 0 Å². The highest BCUT2D eigenvalue weighted by Gasteiger charge is 2.07. The van der Waals surface area contributed by atoms with Crippen LogP contribution in [0.3, 0.4) is 0 Å². The second-order valence-electron chi connectivity index (χ2n) is 4.45. The molecule has 0 aromatic carbocycles. The second kappa shape index (κ2) is 7.87. The van der Waals surface area contributed by atoms with Crippen molar-refractivity contribution in [1.29, 1.82) is 0 Å². The number of hydrogen-bond donors (Lipinski definition) is 2. The van der Waals surface area contributed by atoms with Crippen LogP contribution in [0.1, 0.15) is 38.9 Å². The fraction of sp³-hybridized carbons (Fsp3) is 0.692. The zero-order valence-corrected chi connectivity index (χ0v) is 11.8. The van der Waals surface area contributed by atoms with Gasteiger partial charge in [-0.3, -0.25) is 0 Å². The second-order valence-corrected chi connectivity index (χ2v) is 4.45. The molecular formula is C13H24N4O. The molecule has 0 aliphatic carbocycles. The van der Waals surface area contributed by atoms with E-state index in [-0.39, 0.29) is 0 Å². The van der Waals surface area contributed by atoms with E-state index in [1.54, 1.807) is 7.11 Å². The van der Waals surface area contributed by atoms with Crippen LogP contribution in [0.2, 0.25) is 0 Å². The molecule has 0 atom stereocenters. The minimum absolute atomic E-state index is 0.322. The average Bonchev–Trinajstić information content (AvgIpc) is 2.35. The number of nitrogens with one attached hydrogen (secondary N) is 2. The number of aromatic nitrogens is 2. The number of methoxy groups -OCH3 is 1. The predicted molar refractivity (Wildman–Crippen MR) is 75.3 cm³/mol. The third-order valence-electron chi connectivity index (χ3n) is 2.45. The summed E-state index contributed by atoms with van der Waals surface area (Å²) in [4.78, 5) is 8.99. The number of rotatable bonds is 8. The summed E-state index contributed by atoms with van der Waals surface area (Å²) in [5.41, 5.74) is 0. The van der Waals surface area contributed by atoms with Crippen molar-refractivity contribution in [2.24, 2.45) is 0 Å². The lowest BCUT2D eigenvalue weighted by molar-refractivity contribution is 0.197. The molecule has 0 spiro atoms. The molecule has 0 unspecified atom stereocenters. The van der Waals surface area contributed by atoms with Crippen LogP contribution in [0.5, 0.6) is 0 Å². The number of anilines is 2. The smallest absolute Gasteiger partial charge is 0.135 e. The van der Waals surface area contributed by atoms with E-state index in [1.165, 1.54) is 0 Å². The van der Waals surface area contributed by atoms with Gasteiger partial charge in [-0.15, -0.1) is 0 Å². The third-order valence-corrected chi connectivity index (χ3v) is 2.45. The van der Waals surface area contributed by atoms with Gasteiger partial charge in [0.05, 0.1) is 0 Å². The van der Waals surface area contributed by atoms with Gasteiger partial charge in [-0.1, -0.05) is 13.8 Å². The molecule has 0 amide bonds. The largest absolute Gasteiger partial charge is 0.385 e. The van der Waals surface area contributed by atoms with E-state index in [2.05, 4.69) is 41.4 Å². The summed E-state index contributed by atoms with van der Waals surface area (Å²) < 4.78 is 5.02. The molecule has 1 aromatic heterocycles. The van der Waals surface area contributed by atoms with Crippen molar-refractivity contribution >= 4 is 11.6 Å². The molecule has 0 aliphatic rings. The van der Waals surface area contributed by atoms with Gasteiger partial charge in [0.25, 0.3) is 0 Å². The molecule has 0 fully saturated rings. The Kier molecular flexibility index (Phi) is 6.43. The van der Waals surface area contributed by atoms with Crippen molar-refractivity contribution < 1.29 is 4.74 Å². The first-order chi connectivity index (χ1) is 8.67. The van der Waals surface area contributed by atoms with Gasteiger partial charge in [-0.05, 0) is 13.3 Å². The van der Waals surface area contributed by atoms with E-state index in [0.717, 1.165) is 43.6 Å². The predicted octanol–water partition coefficient (Wildman–Crippen LogP) is 2.48. The molecule has 18 heavy (non-hydrogen) atoms. The summed E-state index contributed by atoms with van der Waals surface area (Å²) in [5.74, 6) is 2.94. The van der Waals surface area contributed by atoms with Crippen molar-refractivity contribution in [1.82, 2.24) is 9.97 Å². The van der Waals surface area contributed by atoms with Crippen molar-refractivity contribution in [2.45, 2.75) is 33.1 Å². The Labute approximate surface area is 109 Å². The first kappa shape index (κ1) is 14.7. The van der Waals surface area contributed by atoms with Crippen LogP contribution in [-0.2, 0) is 4.74 Å². The molecule has 0 saturated heterocycles. The van der Waals surface area contributed by atoms with Gasteiger partial charge in [0.15, 0.2) is 0 Å². The maximum atomic E-state index is 5.02. The summed E-state index contributed by atoms with van der Waals surface area (Å²) in [6, 6.07) is 1.95. The summed E-state index contributed by atoms with van der Waals surface area (Å²) in [7, 11) is 1.71. The van der Waals surface area contributed by atoms with Crippen LogP contribution < -0.4 is 10.6 Å². The molecular weight excluding hydrogens is 228 g/mol. The first-order valence-electron chi connectivity index (χ1n) is 6.53. The van der Waals surface area contributed by atoms with Crippen LogP contribution in [0.4, 0.5) is 11.6 Å². The van der Waals surface area contributed by atoms with Gasteiger partial charge in [0.1, 0.15) is 17.5 Å². The van der Waals surface area contributed by atoms with E-state index < -0.39 is 0 Å².